The van der Waals surface area contributed by atoms with Gasteiger partial charge in [-0.3, -0.25) is 0 Å². The first kappa shape index (κ1) is 14.2. The lowest BCUT2D eigenvalue weighted by Crippen LogP contribution is -2.41. The van der Waals surface area contributed by atoms with Gasteiger partial charge in [0.1, 0.15) is 0 Å². The standard InChI is InChI=1S/C14H20ClNOS/c1-11(12-3-2-4-13(15)7-12)8-16-9-14(17)5-6-18-10-14/h2-4,7,11,16-17H,5-6,8-10H2,1H3/t11-,14+/m1/s1. The molecule has 0 radical (unpaired) electrons. The molecule has 1 aliphatic heterocycles. The van der Waals surface area contributed by atoms with Crippen molar-refractivity contribution >= 4 is 23.4 Å². The highest BCUT2D eigenvalue weighted by Crippen LogP contribution is 2.27. The molecule has 4 heteroatoms. The van der Waals surface area contributed by atoms with Crippen LogP contribution in [0.3, 0.4) is 0 Å². The first-order chi connectivity index (χ1) is 8.59. The van der Waals surface area contributed by atoms with Gasteiger partial charge < -0.3 is 10.4 Å². The summed E-state index contributed by atoms with van der Waals surface area (Å²) in [7, 11) is 0. The molecule has 1 saturated heterocycles. The summed E-state index contributed by atoms with van der Waals surface area (Å²) >= 11 is 7.82. The van der Waals surface area contributed by atoms with Gasteiger partial charge in [-0.05, 0) is 35.8 Å². The lowest BCUT2D eigenvalue weighted by atomic mass is 10.00. The number of aliphatic hydroxyl groups is 1. The van der Waals surface area contributed by atoms with Crippen LogP contribution in [0.5, 0.6) is 0 Å². The minimum atomic E-state index is -0.501. The maximum absolute atomic E-state index is 10.2. The van der Waals surface area contributed by atoms with E-state index in [2.05, 4.69) is 18.3 Å². The average molecular weight is 286 g/mol. The molecule has 0 saturated carbocycles. The molecule has 0 amide bonds. The van der Waals surface area contributed by atoms with Crippen molar-refractivity contribution in [3.63, 3.8) is 0 Å². The van der Waals surface area contributed by atoms with E-state index in [0.29, 0.717) is 12.5 Å². The smallest absolute Gasteiger partial charge is 0.0869 e. The van der Waals surface area contributed by atoms with E-state index in [9.17, 15) is 5.11 Å². The van der Waals surface area contributed by atoms with E-state index in [4.69, 9.17) is 11.6 Å². The minimum Gasteiger partial charge on any atom is -0.388 e. The van der Waals surface area contributed by atoms with Gasteiger partial charge in [-0.25, -0.2) is 0 Å². The quantitative estimate of drug-likeness (QED) is 0.872. The molecule has 1 aromatic rings. The summed E-state index contributed by atoms with van der Waals surface area (Å²) in [6, 6.07) is 7.98. The van der Waals surface area contributed by atoms with Gasteiger partial charge in [-0.15, -0.1) is 0 Å². The van der Waals surface area contributed by atoms with Crippen LogP contribution in [0, 0.1) is 0 Å². The fourth-order valence-electron chi connectivity index (χ4n) is 2.19. The van der Waals surface area contributed by atoms with Crippen molar-refractivity contribution in [1.82, 2.24) is 5.32 Å². The van der Waals surface area contributed by atoms with E-state index in [0.717, 1.165) is 29.5 Å². The van der Waals surface area contributed by atoms with E-state index in [1.807, 2.05) is 30.0 Å². The highest BCUT2D eigenvalue weighted by Gasteiger charge is 2.31. The third-order valence-electron chi connectivity index (χ3n) is 3.40. The normalized spacial score (nSPS) is 25.3. The average Bonchev–Trinajstić information content (AvgIpc) is 2.76. The Bertz CT molecular complexity index is 393. The van der Waals surface area contributed by atoms with Crippen molar-refractivity contribution in [2.75, 3.05) is 24.6 Å². The maximum Gasteiger partial charge on any atom is 0.0869 e. The lowest BCUT2D eigenvalue weighted by molar-refractivity contribution is 0.0676. The SMILES string of the molecule is C[C@H](CNC[C@@]1(O)CCSC1)c1cccc(Cl)c1. The molecule has 0 bridgehead atoms. The van der Waals surface area contributed by atoms with Crippen LogP contribution in [-0.2, 0) is 0 Å². The fourth-order valence-corrected chi connectivity index (χ4v) is 3.68. The Hall–Kier alpha value is -0.220. The van der Waals surface area contributed by atoms with E-state index in [1.54, 1.807) is 0 Å². The molecule has 100 valence electrons. The summed E-state index contributed by atoms with van der Waals surface area (Å²) in [5.41, 5.74) is 0.737. The number of hydrogen-bond donors (Lipinski definition) is 2. The highest BCUT2D eigenvalue weighted by molar-refractivity contribution is 7.99. The Labute approximate surface area is 118 Å². The minimum absolute atomic E-state index is 0.404. The number of benzene rings is 1. The monoisotopic (exact) mass is 285 g/mol. The fraction of sp³-hybridized carbons (Fsp3) is 0.571. The predicted molar refractivity (Wildman–Crippen MR) is 79.6 cm³/mol. The van der Waals surface area contributed by atoms with Gasteiger partial charge >= 0.3 is 0 Å². The second kappa shape index (κ2) is 6.29. The molecule has 1 heterocycles. The zero-order chi connectivity index (χ0) is 13.0. The third-order valence-corrected chi connectivity index (χ3v) is 4.87. The Morgan fingerprint density at radius 3 is 3.06 bits per heavy atom. The molecule has 0 aliphatic carbocycles. The second-order valence-electron chi connectivity index (χ2n) is 5.11. The maximum atomic E-state index is 10.2. The topological polar surface area (TPSA) is 32.3 Å². The van der Waals surface area contributed by atoms with Crippen LogP contribution in [0.15, 0.2) is 24.3 Å². The largest absolute Gasteiger partial charge is 0.388 e. The van der Waals surface area contributed by atoms with Gasteiger partial charge in [0, 0.05) is 23.9 Å². The van der Waals surface area contributed by atoms with E-state index in [-0.39, 0.29) is 0 Å². The Balaban J connectivity index is 1.79. The summed E-state index contributed by atoms with van der Waals surface area (Å²) in [5, 5.41) is 14.4. The molecular formula is C14H20ClNOS. The Morgan fingerprint density at radius 2 is 2.39 bits per heavy atom. The molecule has 1 fully saturated rings. The van der Waals surface area contributed by atoms with Gasteiger partial charge in [0.25, 0.3) is 0 Å². The first-order valence-electron chi connectivity index (χ1n) is 6.35. The van der Waals surface area contributed by atoms with E-state index < -0.39 is 5.60 Å². The predicted octanol–water partition coefficient (Wildman–Crippen LogP) is 2.90. The van der Waals surface area contributed by atoms with E-state index >= 15 is 0 Å². The molecule has 2 rings (SSSR count). The van der Waals surface area contributed by atoms with Crippen LogP contribution in [0.4, 0.5) is 0 Å². The number of thioether (sulfide) groups is 1. The van der Waals surface area contributed by atoms with Crippen molar-refractivity contribution in [1.29, 1.82) is 0 Å². The van der Waals surface area contributed by atoms with Gasteiger partial charge in [-0.2, -0.15) is 11.8 Å². The van der Waals surface area contributed by atoms with Crippen LogP contribution < -0.4 is 5.32 Å². The van der Waals surface area contributed by atoms with Crippen molar-refractivity contribution in [3.05, 3.63) is 34.9 Å². The summed E-state index contributed by atoms with van der Waals surface area (Å²) in [6.07, 6.45) is 0.899. The lowest BCUT2D eigenvalue weighted by Gasteiger charge is -2.23. The number of hydrogen-bond acceptors (Lipinski definition) is 3. The summed E-state index contributed by atoms with van der Waals surface area (Å²) in [6.45, 7) is 3.73. The molecular weight excluding hydrogens is 266 g/mol. The molecule has 1 aromatic carbocycles. The number of nitrogens with one attached hydrogen (secondary N) is 1. The van der Waals surface area contributed by atoms with Crippen molar-refractivity contribution in [2.24, 2.45) is 0 Å². The van der Waals surface area contributed by atoms with Crippen molar-refractivity contribution in [3.8, 4) is 0 Å². The van der Waals surface area contributed by atoms with Crippen LogP contribution in [0.1, 0.15) is 24.8 Å². The third kappa shape index (κ3) is 3.89. The Morgan fingerprint density at radius 1 is 1.56 bits per heavy atom. The van der Waals surface area contributed by atoms with Gasteiger partial charge in [0.2, 0.25) is 0 Å². The number of halogens is 1. The second-order valence-corrected chi connectivity index (χ2v) is 6.66. The van der Waals surface area contributed by atoms with Crippen LogP contribution in [0.25, 0.3) is 0 Å². The molecule has 0 unspecified atom stereocenters. The molecule has 0 spiro atoms. The first-order valence-corrected chi connectivity index (χ1v) is 7.89. The van der Waals surface area contributed by atoms with Crippen molar-refractivity contribution < 1.29 is 5.11 Å². The zero-order valence-corrected chi connectivity index (χ0v) is 12.2. The molecule has 2 N–H and O–H groups in total. The highest BCUT2D eigenvalue weighted by atomic mass is 35.5. The van der Waals surface area contributed by atoms with Crippen molar-refractivity contribution in [2.45, 2.75) is 24.9 Å². The molecule has 2 atom stereocenters. The summed E-state index contributed by atoms with van der Waals surface area (Å²) in [4.78, 5) is 0. The summed E-state index contributed by atoms with van der Waals surface area (Å²) in [5.74, 6) is 2.33. The molecule has 0 aromatic heterocycles. The van der Waals surface area contributed by atoms with Gasteiger partial charge in [0.05, 0.1) is 5.60 Å². The van der Waals surface area contributed by atoms with Crippen LogP contribution in [-0.4, -0.2) is 35.3 Å². The molecule has 2 nitrogen and oxygen atoms in total. The van der Waals surface area contributed by atoms with Gasteiger partial charge in [-0.1, -0.05) is 30.7 Å². The summed E-state index contributed by atoms with van der Waals surface area (Å²) < 4.78 is 0. The van der Waals surface area contributed by atoms with E-state index in [1.165, 1.54) is 5.56 Å². The molecule has 1 aliphatic rings. The zero-order valence-electron chi connectivity index (χ0n) is 10.7. The van der Waals surface area contributed by atoms with Crippen LogP contribution in [0.2, 0.25) is 5.02 Å². The molecule has 18 heavy (non-hydrogen) atoms. The Kier molecular flexibility index (Phi) is 4.96. The van der Waals surface area contributed by atoms with Crippen LogP contribution >= 0.6 is 23.4 Å². The number of rotatable bonds is 5. The van der Waals surface area contributed by atoms with Gasteiger partial charge in [0.15, 0.2) is 0 Å².